The van der Waals surface area contributed by atoms with Gasteiger partial charge in [0.1, 0.15) is 0 Å². The molecule has 0 unspecified atom stereocenters. The van der Waals surface area contributed by atoms with E-state index in [-0.39, 0.29) is 4.90 Å². The van der Waals surface area contributed by atoms with Crippen molar-refractivity contribution in [3.63, 3.8) is 0 Å². The lowest BCUT2D eigenvalue weighted by molar-refractivity contribution is 0.328. The fourth-order valence-corrected chi connectivity index (χ4v) is 3.43. The summed E-state index contributed by atoms with van der Waals surface area (Å²) in [5, 5.41) is 4.81. The van der Waals surface area contributed by atoms with Crippen molar-refractivity contribution in [3.8, 4) is 5.88 Å². The number of hydrogen-bond acceptors (Lipinski definition) is 4. The first-order chi connectivity index (χ1) is 10.1. The Morgan fingerprint density at radius 2 is 1.71 bits per heavy atom. The highest BCUT2D eigenvalue weighted by Gasteiger charge is 2.22. The lowest BCUT2D eigenvalue weighted by atomic mass is 10.2. The molecule has 0 bridgehead atoms. The molecule has 0 atom stereocenters. The lowest BCUT2D eigenvalue weighted by Gasteiger charge is -2.05. The normalized spacial score (nSPS) is 11.7. The van der Waals surface area contributed by atoms with Crippen LogP contribution in [-0.4, -0.2) is 24.2 Å². The van der Waals surface area contributed by atoms with E-state index in [1.165, 1.54) is 0 Å². The SMILES string of the molecule is CCOc1nn(S(=O)(=O)c2ccccc2)c2ccccc12. The summed E-state index contributed by atoms with van der Waals surface area (Å²) in [5.41, 5.74) is 0.504. The van der Waals surface area contributed by atoms with Crippen molar-refractivity contribution in [2.45, 2.75) is 11.8 Å². The van der Waals surface area contributed by atoms with Gasteiger partial charge < -0.3 is 4.74 Å². The fraction of sp³-hybridized carbons (Fsp3) is 0.133. The molecule has 21 heavy (non-hydrogen) atoms. The number of hydrogen-bond donors (Lipinski definition) is 0. The van der Waals surface area contributed by atoms with Gasteiger partial charge in [0.25, 0.3) is 10.0 Å². The fourth-order valence-electron chi connectivity index (χ4n) is 2.13. The summed E-state index contributed by atoms with van der Waals surface area (Å²) in [6.07, 6.45) is 0. The van der Waals surface area contributed by atoms with Crippen LogP contribution in [0.3, 0.4) is 0 Å². The first kappa shape index (κ1) is 13.6. The summed E-state index contributed by atoms with van der Waals surface area (Å²) in [6.45, 7) is 2.26. The van der Waals surface area contributed by atoms with Gasteiger partial charge >= 0.3 is 0 Å². The summed E-state index contributed by atoms with van der Waals surface area (Å²) in [7, 11) is -3.74. The van der Waals surface area contributed by atoms with Gasteiger partial charge in [0, 0.05) is 0 Å². The number of nitrogens with zero attached hydrogens (tertiary/aromatic N) is 2. The standard InChI is InChI=1S/C15H14N2O3S/c1-2-20-15-13-10-6-7-11-14(13)17(16-15)21(18,19)12-8-4-3-5-9-12/h3-11H,2H2,1H3. The maximum atomic E-state index is 12.7. The van der Waals surface area contributed by atoms with Gasteiger partial charge in [-0.25, -0.2) is 0 Å². The molecule has 0 fully saturated rings. The maximum Gasteiger partial charge on any atom is 0.283 e. The van der Waals surface area contributed by atoms with Gasteiger partial charge in [0.15, 0.2) is 0 Å². The molecule has 0 aliphatic rings. The van der Waals surface area contributed by atoms with Gasteiger partial charge in [-0.3, -0.25) is 0 Å². The zero-order chi connectivity index (χ0) is 14.9. The van der Waals surface area contributed by atoms with E-state index < -0.39 is 10.0 Å². The molecule has 3 rings (SSSR count). The minimum Gasteiger partial charge on any atom is -0.476 e. The average molecular weight is 302 g/mol. The van der Waals surface area contributed by atoms with Crippen LogP contribution in [0.25, 0.3) is 10.9 Å². The number of fused-ring (bicyclic) bond motifs is 1. The Kier molecular flexibility index (Phi) is 3.39. The van der Waals surface area contributed by atoms with E-state index >= 15 is 0 Å². The molecule has 0 amide bonds. The molecule has 0 N–H and O–H groups in total. The number of benzene rings is 2. The second-order valence-corrected chi connectivity index (χ2v) is 6.18. The number of ether oxygens (including phenoxy) is 1. The van der Waals surface area contributed by atoms with Gasteiger partial charge in [0.2, 0.25) is 5.88 Å². The minimum absolute atomic E-state index is 0.196. The number of rotatable bonds is 4. The summed E-state index contributed by atoms with van der Waals surface area (Å²) in [5.74, 6) is 0.326. The molecule has 0 aliphatic carbocycles. The summed E-state index contributed by atoms with van der Waals surface area (Å²) < 4.78 is 31.9. The maximum absolute atomic E-state index is 12.7. The van der Waals surface area contributed by atoms with Crippen molar-refractivity contribution in [1.29, 1.82) is 0 Å². The van der Waals surface area contributed by atoms with Crippen molar-refractivity contribution < 1.29 is 13.2 Å². The molecular weight excluding hydrogens is 288 g/mol. The molecule has 1 aromatic heterocycles. The van der Waals surface area contributed by atoms with Crippen LogP contribution >= 0.6 is 0 Å². The quantitative estimate of drug-likeness (QED) is 0.743. The third-order valence-electron chi connectivity index (χ3n) is 3.07. The zero-order valence-electron chi connectivity index (χ0n) is 11.4. The molecule has 1 heterocycles. The van der Waals surface area contributed by atoms with Crippen LogP contribution in [0, 0.1) is 0 Å². The molecule has 6 heteroatoms. The molecule has 108 valence electrons. The highest BCUT2D eigenvalue weighted by Crippen LogP contribution is 2.27. The third-order valence-corrected chi connectivity index (χ3v) is 4.67. The van der Waals surface area contributed by atoms with Crippen LogP contribution in [0.15, 0.2) is 59.5 Å². The second kappa shape index (κ2) is 5.21. The second-order valence-electron chi connectivity index (χ2n) is 4.42. The summed E-state index contributed by atoms with van der Waals surface area (Å²) in [6, 6.07) is 15.3. The van der Waals surface area contributed by atoms with Crippen molar-refractivity contribution >= 4 is 20.9 Å². The van der Waals surface area contributed by atoms with E-state index in [1.807, 2.05) is 13.0 Å². The highest BCUT2D eigenvalue weighted by molar-refractivity contribution is 7.90. The largest absolute Gasteiger partial charge is 0.476 e. The number of para-hydroxylation sites is 1. The highest BCUT2D eigenvalue weighted by atomic mass is 32.2. The van der Waals surface area contributed by atoms with Crippen molar-refractivity contribution in [2.24, 2.45) is 0 Å². The Hall–Kier alpha value is -2.34. The first-order valence-electron chi connectivity index (χ1n) is 6.56. The van der Waals surface area contributed by atoms with Gasteiger partial charge in [-0.15, -0.1) is 9.19 Å². The van der Waals surface area contributed by atoms with Crippen LogP contribution in [0.1, 0.15) is 6.92 Å². The van der Waals surface area contributed by atoms with Crippen LogP contribution in [0.4, 0.5) is 0 Å². The van der Waals surface area contributed by atoms with E-state index in [0.717, 1.165) is 4.09 Å². The van der Waals surface area contributed by atoms with E-state index in [9.17, 15) is 8.42 Å². The lowest BCUT2D eigenvalue weighted by Crippen LogP contribution is -2.14. The minimum atomic E-state index is -3.74. The smallest absolute Gasteiger partial charge is 0.283 e. The van der Waals surface area contributed by atoms with Crippen LogP contribution in [0.2, 0.25) is 0 Å². The predicted octanol–water partition coefficient (Wildman–Crippen LogP) is 2.67. The first-order valence-corrected chi connectivity index (χ1v) is 8.00. The average Bonchev–Trinajstić information content (AvgIpc) is 2.88. The Morgan fingerprint density at radius 3 is 2.43 bits per heavy atom. The van der Waals surface area contributed by atoms with E-state index in [4.69, 9.17) is 4.74 Å². The summed E-state index contributed by atoms with van der Waals surface area (Å²) in [4.78, 5) is 0.196. The van der Waals surface area contributed by atoms with Crippen LogP contribution in [0.5, 0.6) is 5.88 Å². The van der Waals surface area contributed by atoms with Gasteiger partial charge in [-0.1, -0.05) is 30.3 Å². The Labute approximate surface area is 122 Å². The van der Waals surface area contributed by atoms with Crippen molar-refractivity contribution in [3.05, 3.63) is 54.6 Å². The zero-order valence-corrected chi connectivity index (χ0v) is 12.2. The monoisotopic (exact) mass is 302 g/mol. The van der Waals surface area contributed by atoms with E-state index in [2.05, 4.69) is 5.10 Å². The Morgan fingerprint density at radius 1 is 1.05 bits per heavy atom. The Balaban J connectivity index is 2.26. The topological polar surface area (TPSA) is 61.2 Å². The Bertz CT molecular complexity index is 870. The van der Waals surface area contributed by atoms with Crippen LogP contribution < -0.4 is 4.74 Å². The number of aromatic nitrogens is 2. The predicted molar refractivity (Wildman–Crippen MR) is 79.9 cm³/mol. The molecule has 0 aliphatic heterocycles. The third kappa shape index (κ3) is 2.27. The van der Waals surface area contributed by atoms with Gasteiger partial charge in [-0.2, -0.15) is 8.42 Å². The molecule has 2 aromatic carbocycles. The molecule has 5 nitrogen and oxygen atoms in total. The van der Waals surface area contributed by atoms with E-state index in [0.29, 0.717) is 23.4 Å². The van der Waals surface area contributed by atoms with Gasteiger partial charge in [0.05, 0.1) is 22.4 Å². The molecule has 0 spiro atoms. The van der Waals surface area contributed by atoms with Gasteiger partial charge in [-0.05, 0) is 31.2 Å². The van der Waals surface area contributed by atoms with Crippen molar-refractivity contribution in [2.75, 3.05) is 6.61 Å². The molecule has 0 saturated carbocycles. The molecule has 3 aromatic rings. The molecule has 0 radical (unpaired) electrons. The van der Waals surface area contributed by atoms with Crippen molar-refractivity contribution in [1.82, 2.24) is 9.19 Å². The molecular formula is C15H14N2O3S. The summed E-state index contributed by atoms with van der Waals surface area (Å²) >= 11 is 0. The van der Waals surface area contributed by atoms with Crippen LogP contribution in [-0.2, 0) is 10.0 Å². The van der Waals surface area contributed by atoms with E-state index in [1.54, 1.807) is 48.5 Å². The molecule has 0 saturated heterocycles.